The highest BCUT2D eigenvalue weighted by atomic mass is 16.2. The fraction of sp³-hybridized carbons (Fsp3) is 0.188. The van der Waals surface area contributed by atoms with Crippen LogP contribution < -0.4 is 10.6 Å². The molecule has 0 fully saturated rings. The van der Waals surface area contributed by atoms with Gasteiger partial charge in [0.05, 0.1) is 5.56 Å². The molecule has 1 aromatic heterocycles. The van der Waals surface area contributed by atoms with Crippen LogP contribution in [-0.2, 0) is 6.42 Å². The number of amides is 1. The Labute approximate surface area is 122 Å². The lowest BCUT2D eigenvalue weighted by Crippen LogP contribution is -2.29. The number of rotatable bonds is 1. The molecular formula is C16H14N4O. The Bertz CT molecular complexity index is 759. The minimum Gasteiger partial charge on any atom is -0.398 e. The highest BCUT2D eigenvalue weighted by Crippen LogP contribution is 2.32. The van der Waals surface area contributed by atoms with Gasteiger partial charge < -0.3 is 10.6 Å². The molecule has 2 N–H and O–H groups in total. The molecule has 1 aromatic carbocycles. The lowest BCUT2D eigenvalue weighted by Gasteiger charge is -2.17. The highest BCUT2D eigenvalue weighted by molar-refractivity contribution is 6.06. The number of benzene rings is 1. The maximum absolute atomic E-state index is 12.5. The van der Waals surface area contributed by atoms with Crippen molar-refractivity contribution in [3.05, 3.63) is 52.8 Å². The molecule has 0 bridgehead atoms. The monoisotopic (exact) mass is 278 g/mol. The van der Waals surface area contributed by atoms with Gasteiger partial charge in [0.1, 0.15) is 11.8 Å². The molecule has 2 aromatic rings. The van der Waals surface area contributed by atoms with Crippen molar-refractivity contribution in [1.29, 1.82) is 5.26 Å². The number of pyridine rings is 1. The molecule has 3 rings (SSSR count). The molecule has 0 aliphatic carbocycles. The number of hydrogen-bond acceptors (Lipinski definition) is 4. The van der Waals surface area contributed by atoms with E-state index in [0.717, 1.165) is 23.2 Å². The SMILES string of the molecule is Cc1cc2c(cc1N)N(C(=O)c1ccc(C#N)cn1)CC2. The van der Waals surface area contributed by atoms with Gasteiger partial charge >= 0.3 is 0 Å². The molecule has 104 valence electrons. The number of aryl methyl sites for hydroxylation is 1. The Morgan fingerprint density at radius 3 is 2.90 bits per heavy atom. The van der Waals surface area contributed by atoms with Crippen molar-refractivity contribution in [2.75, 3.05) is 17.2 Å². The summed E-state index contributed by atoms with van der Waals surface area (Å²) in [4.78, 5) is 18.3. The number of nitrogen functional groups attached to an aromatic ring is 1. The van der Waals surface area contributed by atoms with Gasteiger partial charge in [-0.15, -0.1) is 0 Å². The van der Waals surface area contributed by atoms with Crippen molar-refractivity contribution in [3.8, 4) is 6.07 Å². The predicted octanol–water partition coefficient (Wildman–Crippen LogP) is 2.05. The van der Waals surface area contributed by atoms with Crippen LogP contribution in [0.5, 0.6) is 0 Å². The van der Waals surface area contributed by atoms with Crippen LogP contribution in [0.4, 0.5) is 11.4 Å². The number of nitrogens with two attached hydrogens (primary N) is 1. The first-order valence-electron chi connectivity index (χ1n) is 6.67. The van der Waals surface area contributed by atoms with Gasteiger partial charge in [-0.2, -0.15) is 5.26 Å². The smallest absolute Gasteiger partial charge is 0.276 e. The summed E-state index contributed by atoms with van der Waals surface area (Å²) in [6.45, 7) is 2.58. The van der Waals surface area contributed by atoms with Crippen molar-refractivity contribution in [1.82, 2.24) is 4.98 Å². The first-order chi connectivity index (χ1) is 10.1. The second kappa shape index (κ2) is 4.91. The first kappa shape index (κ1) is 13.1. The summed E-state index contributed by atoms with van der Waals surface area (Å²) in [6.07, 6.45) is 2.23. The number of aromatic nitrogens is 1. The summed E-state index contributed by atoms with van der Waals surface area (Å²) in [6, 6.07) is 9.04. The molecule has 0 unspecified atom stereocenters. The van der Waals surface area contributed by atoms with Crippen molar-refractivity contribution < 1.29 is 4.79 Å². The van der Waals surface area contributed by atoms with Crippen LogP contribution in [0.25, 0.3) is 0 Å². The molecule has 2 heterocycles. The molecule has 0 saturated heterocycles. The molecule has 5 nitrogen and oxygen atoms in total. The average molecular weight is 278 g/mol. The van der Waals surface area contributed by atoms with Gasteiger partial charge in [0.2, 0.25) is 0 Å². The molecule has 0 saturated carbocycles. The van der Waals surface area contributed by atoms with Crippen LogP contribution in [0, 0.1) is 18.3 Å². The van der Waals surface area contributed by atoms with E-state index >= 15 is 0 Å². The number of fused-ring (bicyclic) bond motifs is 1. The van der Waals surface area contributed by atoms with E-state index in [1.807, 2.05) is 25.1 Å². The van der Waals surface area contributed by atoms with Crippen LogP contribution in [0.2, 0.25) is 0 Å². The van der Waals surface area contributed by atoms with E-state index in [2.05, 4.69) is 4.98 Å². The van der Waals surface area contributed by atoms with Crippen molar-refractivity contribution in [2.45, 2.75) is 13.3 Å². The third kappa shape index (κ3) is 2.21. The number of nitriles is 1. The summed E-state index contributed by atoms with van der Waals surface area (Å²) in [5.74, 6) is -0.165. The molecule has 1 aliphatic heterocycles. The maximum atomic E-state index is 12.5. The standard InChI is InChI=1S/C16H14N4O/c1-10-6-12-4-5-20(15(12)7-13(10)18)16(21)14-3-2-11(8-17)9-19-14/h2-3,6-7,9H,4-5,18H2,1H3. The van der Waals surface area contributed by atoms with Crippen molar-refractivity contribution in [3.63, 3.8) is 0 Å². The summed E-state index contributed by atoms with van der Waals surface area (Å²) in [7, 11) is 0. The maximum Gasteiger partial charge on any atom is 0.276 e. The van der Waals surface area contributed by atoms with Gasteiger partial charge in [-0.05, 0) is 42.7 Å². The Hall–Kier alpha value is -2.87. The zero-order valence-corrected chi connectivity index (χ0v) is 11.6. The van der Waals surface area contributed by atoms with E-state index in [1.165, 1.54) is 6.20 Å². The van der Waals surface area contributed by atoms with Crippen LogP contribution in [0.3, 0.4) is 0 Å². The van der Waals surface area contributed by atoms with E-state index in [4.69, 9.17) is 11.0 Å². The number of nitrogens with zero attached hydrogens (tertiary/aromatic N) is 3. The van der Waals surface area contributed by atoms with Crippen LogP contribution in [0.1, 0.15) is 27.2 Å². The molecule has 21 heavy (non-hydrogen) atoms. The van der Waals surface area contributed by atoms with Crippen LogP contribution >= 0.6 is 0 Å². The van der Waals surface area contributed by atoms with Crippen LogP contribution in [0.15, 0.2) is 30.5 Å². The van der Waals surface area contributed by atoms with Gasteiger partial charge in [-0.1, -0.05) is 6.07 Å². The molecule has 0 radical (unpaired) electrons. The normalized spacial score (nSPS) is 12.9. The Morgan fingerprint density at radius 2 is 2.24 bits per heavy atom. The molecule has 1 aliphatic rings. The highest BCUT2D eigenvalue weighted by Gasteiger charge is 2.26. The lowest BCUT2D eigenvalue weighted by molar-refractivity contribution is 0.0984. The van der Waals surface area contributed by atoms with E-state index in [0.29, 0.717) is 23.5 Å². The largest absolute Gasteiger partial charge is 0.398 e. The second-order valence-corrected chi connectivity index (χ2v) is 5.09. The van der Waals surface area contributed by atoms with Gasteiger partial charge in [0.25, 0.3) is 5.91 Å². The number of carbonyl (C=O) groups excluding carboxylic acids is 1. The first-order valence-corrected chi connectivity index (χ1v) is 6.67. The Kier molecular flexibility index (Phi) is 3.07. The van der Waals surface area contributed by atoms with Gasteiger partial charge in [-0.3, -0.25) is 4.79 Å². The van der Waals surface area contributed by atoms with Crippen molar-refractivity contribution in [2.24, 2.45) is 0 Å². The lowest BCUT2D eigenvalue weighted by atomic mass is 10.1. The van der Waals surface area contributed by atoms with Gasteiger partial charge in [-0.25, -0.2) is 4.98 Å². The fourth-order valence-electron chi connectivity index (χ4n) is 2.51. The van der Waals surface area contributed by atoms with E-state index in [1.54, 1.807) is 17.0 Å². The van der Waals surface area contributed by atoms with E-state index in [9.17, 15) is 4.79 Å². The van der Waals surface area contributed by atoms with Crippen LogP contribution in [-0.4, -0.2) is 17.4 Å². The third-order valence-corrected chi connectivity index (χ3v) is 3.72. The van der Waals surface area contributed by atoms with Gasteiger partial charge in [0, 0.05) is 24.1 Å². The third-order valence-electron chi connectivity index (χ3n) is 3.72. The topological polar surface area (TPSA) is 83.0 Å². The molecule has 0 spiro atoms. The average Bonchev–Trinajstić information content (AvgIpc) is 2.90. The quantitative estimate of drug-likeness (QED) is 0.809. The minimum absolute atomic E-state index is 0.165. The number of carbonyl (C=O) groups is 1. The Balaban J connectivity index is 1.94. The summed E-state index contributed by atoms with van der Waals surface area (Å²) in [5, 5.41) is 8.77. The summed E-state index contributed by atoms with van der Waals surface area (Å²) in [5.41, 5.74) is 10.4. The molecule has 1 amide bonds. The molecular weight excluding hydrogens is 264 g/mol. The molecule has 5 heteroatoms. The minimum atomic E-state index is -0.165. The predicted molar refractivity (Wildman–Crippen MR) is 79.9 cm³/mol. The zero-order valence-electron chi connectivity index (χ0n) is 11.6. The number of anilines is 2. The zero-order chi connectivity index (χ0) is 15.0. The Morgan fingerprint density at radius 1 is 1.43 bits per heavy atom. The van der Waals surface area contributed by atoms with E-state index in [-0.39, 0.29) is 5.91 Å². The summed E-state index contributed by atoms with van der Waals surface area (Å²) >= 11 is 0. The summed E-state index contributed by atoms with van der Waals surface area (Å²) < 4.78 is 0. The fourth-order valence-corrected chi connectivity index (χ4v) is 2.51. The number of hydrogen-bond donors (Lipinski definition) is 1. The second-order valence-electron chi connectivity index (χ2n) is 5.09. The van der Waals surface area contributed by atoms with Crippen molar-refractivity contribution >= 4 is 17.3 Å². The van der Waals surface area contributed by atoms with E-state index < -0.39 is 0 Å². The van der Waals surface area contributed by atoms with Gasteiger partial charge in [0.15, 0.2) is 0 Å². The molecule has 0 atom stereocenters.